The highest BCUT2D eigenvalue weighted by Crippen LogP contribution is 2.25. The molecule has 0 saturated carbocycles. The van der Waals surface area contributed by atoms with Crippen molar-refractivity contribution in [3.8, 4) is 5.75 Å². The molecule has 0 aliphatic carbocycles. The Bertz CT molecular complexity index is 943. The summed E-state index contributed by atoms with van der Waals surface area (Å²) in [4.78, 5) is 23.9. The van der Waals surface area contributed by atoms with Crippen molar-refractivity contribution in [1.82, 2.24) is 0 Å². The zero-order valence-electron chi connectivity index (χ0n) is 14.9. The van der Waals surface area contributed by atoms with Crippen molar-refractivity contribution in [3.63, 3.8) is 0 Å². The van der Waals surface area contributed by atoms with E-state index in [4.69, 9.17) is 14.2 Å². The maximum absolute atomic E-state index is 13.6. The Morgan fingerprint density at radius 1 is 0.929 bits per heavy atom. The van der Waals surface area contributed by atoms with Crippen molar-refractivity contribution in [2.45, 2.75) is 26.2 Å². The van der Waals surface area contributed by atoms with Crippen molar-refractivity contribution in [2.75, 3.05) is 0 Å². The van der Waals surface area contributed by atoms with Crippen LogP contribution in [-0.4, -0.2) is 17.7 Å². The van der Waals surface area contributed by atoms with Crippen molar-refractivity contribution >= 4 is 18.0 Å². The zero-order valence-corrected chi connectivity index (χ0v) is 14.9. The molecule has 2 aromatic carbocycles. The van der Waals surface area contributed by atoms with Crippen LogP contribution in [0.1, 0.15) is 25.0 Å². The number of carbonyl (C=O) groups excluding carboxylic acids is 2. The number of ether oxygens (including phenoxy) is 3. The van der Waals surface area contributed by atoms with Gasteiger partial charge in [0.25, 0.3) is 5.79 Å². The van der Waals surface area contributed by atoms with Crippen LogP contribution in [0.15, 0.2) is 42.0 Å². The summed E-state index contributed by atoms with van der Waals surface area (Å²) in [6.07, 6.45) is 1.32. The van der Waals surface area contributed by atoms with Crippen LogP contribution in [0.2, 0.25) is 0 Å². The van der Waals surface area contributed by atoms with E-state index in [0.717, 1.165) is 12.1 Å². The van der Waals surface area contributed by atoms with E-state index in [1.807, 2.05) is 0 Å². The molecule has 146 valence electrons. The highest BCUT2D eigenvalue weighted by Gasteiger charge is 2.38. The van der Waals surface area contributed by atoms with Gasteiger partial charge in [-0.2, -0.15) is 4.39 Å². The van der Waals surface area contributed by atoms with Crippen LogP contribution in [0.25, 0.3) is 6.08 Å². The number of rotatable bonds is 4. The fourth-order valence-electron chi connectivity index (χ4n) is 2.44. The maximum atomic E-state index is 13.6. The third-order valence-corrected chi connectivity index (χ3v) is 3.80. The molecule has 0 N–H and O–H groups in total. The minimum atomic E-state index is -1.60. The van der Waals surface area contributed by atoms with Gasteiger partial charge in [0.1, 0.15) is 12.2 Å². The smallest absolute Gasteiger partial charge is 0.348 e. The molecule has 1 aliphatic heterocycles. The van der Waals surface area contributed by atoms with Gasteiger partial charge in [-0.1, -0.05) is 24.3 Å². The Hall–Kier alpha value is -3.29. The molecule has 2 aromatic rings. The lowest BCUT2D eigenvalue weighted by Gasteiger charge is -2.29. The van der Waals surface area contributed by atoms with Gasteiger partial charge in [-0.05, 0) is 29.3 Å². The largest absolute Gasteiger partial charge is 0.486 e. The molecule has 1 heterocycles. The minimum Gasteiger partial charge on any atom is -0.486 e. The number of esters is 2. The summed E-state index contributed by atoms with van der Waals surface area (Å²) in [6, 6.07) is 8.16. The molecule has 1 fully saturated rings. The predicted octanol–water partition coefficient (Wildman–Crippen LogP) is 3.90. The van der Waals surface area contributed by atoms with E-state index >= 15 is 0 Å². The van der Waals surface area contributed by atoms with Crippen molar-refractivity contribution in [2.24, 2.45) is 0 Å². The highest BCUT2D eigenvalue weighted by atomic mass is 19.2. The van der Waals surface area contributed by atoms with Crippen molar-refractivity contribution in [1.29, 1.82) is 0 Å². The van der Waals surface area contributed by atoms with Gasteiger partial charge in [-0.25, -0.2) is 18.4 Å². The van der Waals surface area contributed by atoms with Gasteiger partial charge in [-0.15, -0.1) is 0 Å². The number of cyclic esters (lactones) is 2. The van der Waals surface area contributed by atoms with Crippen LogP contribution >= 0.6 is 0 Å². The van der Waals surface area contributed by atoms with E-state index < -0.39 is 40.9 Å². The number of hydrogen-bond donors (Lipinski definition) is 0. The second kappa shape index (κ2) is 7.38. The van der Waals surface area contributed by atoms with E-state index in [2.05, 4.69) is 0 Å². The summed E-state index contributed by atoms with van der Waals surface area (Å²) < 4.78 is 54.9. The molecule has 0 unspecified atom stereocenters. The van der Waals surface area contributed by atoms with Crippen molar-refractivity contribution in [3.05, 3.63) is 70.5 Å². The molecular weight excluding hydrogens is 377 g/mol. The molecule has 1 saturated heterocycles. The summed E-state index contributed by atoms with van der Waals surface area (Å²) >= 11 is 0. The molecule has 0 atom stereocenters. The Kier molecular flexibility index (Phi) is 5.13. The molecule has 1 aliphatic rings. The molecule has 5 nitrogen and oxygen atoms in total. The monoisotopic (exact) mass is 392 g/mol. The van der Waals surface area contributed by atoms with E-state index in [1.165, 1.54) is 19.9 Å². The number of hydrogen-bond acceptors (Lipinski definition) is 5. The second-order valence-corrected chi connectivity index (χ2v) is 6.44. The first-order valence-electron chi connectivity index (χ1n) is 8.20. The first-order valence-corrected chi connectivity index (χ1v) is 8.20. The van der Waals surface area contributed by atoms with Crippen LogP contribution in [0.3, 0.4) is 0 Å². The van der Waals surface area contributed by atoms with Gasteiger partial charge in [0.15, 0.2) is 17.4 Å². The van der Waals surface area contributed by atoms with Gasteiger partial charge in [0.05, 0.1) is 0 Å². The third-order valence-electron chi connectivity index (χ3n) is 3.80. The molecule has 0 amide bonds. The lowest BCUT2D eigenvalue weighted by Crippen LogP contribution is -2.41. The van der Waals surface area contributed by atoms with Gasteiger partial charge >= 0.3 is 11.9 Å². The van der Waals surface area contributed by atoms with Gasteiger partial charge < -0.3 is 14.2 Å². The predicted molar refractivity (Wildman–Crippen MR) is 91.3 cm³/mol. The third kappa shape index (κ3) is 4.16. The molecule has 3 rings (SSSR count). The lowest BCUT2D eigenvalue weighted by molar-refractivity contribution is -0.222. The standard InChI is InChI=1S/C20H15F3O5/c1-20(2)27-18(24)13(19(25)28-20)9-11-3-5-12(6-4-11)10-26-15-8-7-14(21)16(22)17(15)23/h3-9H,10H2,1-2H3. The van der Waals surface area contributed by atoms with Crippen LogP contribution in [-0.2, 0) is 25.7 Å². The molecule has 0 spiro atoms. The van der Waals surface area contributed by atoms with E-state index in [1.54, 1.807) is 24.3 Å². The molecule has 0 aromatic heterocycles. The molecule has 8 heteroatoms. The number of benzene rings is 2. The van der Waals surface area contributed by atoms with Gasteiger partial charge in [-0.3, -0.25) is 0 Å². The summed E-state index contributed by atoms with van der Waals surface area (Å²) in [5, 5.41) is 0. The van der Waals surface area contributed by atoms with Crippen LogP contribution < -0.4 is 4.74 Å². The molecule has 0 radical (unpaired) electrons. The Morgan fingerprint density at radius 2 is 1.54 bits per heavy atom. The highest BCUT2D eigenvalue weighted by molar-refractivity contribution is 6.18. The Balaban J connectivity index is 1.70. The van der Waals surface area contributed by atoms with Crippen molar-refractivity contribution < 1.29 is 37.0 Å². The fraction of sp³-hybridized carbons (Fsp3) is 0.200. The summed E-state index contributed by atoms with van der Waals surface area (Å²) in [5.41, 5.74) is 0.875. The maximum Gasteiger partial charge on any atom is 0.348 e. The topological polar surface area (TPSA) is 61.8 Å². The quantitative estimate of drug-likeness (QED) is 0.342. The summed E-state index contributed by atoms with van der Waals surface area (Å²) in [5.74, 6) is -7.62. The van der Waals surface area contributed by atoms with Crippen LogP contribution in [0.4, 0.5) is 13.2 Å². The second-order valence-electron chi connectivity index (χ2n) is 6.44. The molecule has 28 heavy (non-hydrogen) atoms. The summed E-state index contributed by atoms with van der Waals surface area (Å²) in [7, 11) is 0. The average Bonchev–Trinajstić information content (AvgIpc) is 2.62. The normalized spacial score (nSPS) is 15.7. The Morgan fingerprint density at radius 3 is 2.14 bits per heavy atom. The van der Waals surface area contributed by atoms with Gasteiger partial charge in [0, 0.05) is 13.8 Å². The first-order chi connectivity index (χ1) is 13.2. The number of halogens is 3. The van der Waals surface area contributed by atoms with Gasteiger partial charge in [0.2, 0.25) is 5.82 Å². The Labute approximate surface area is 158 Å². The van der Waals surface area contributed by atoms with E-state index in [0.29, 0.717) is 11.1 Å². The summed E-state index contributed by atoms with van der Waals surface area (Å²) in [6.45, 7) is 2.80. The van der Waals surface area contributed by atoms with E-state index in [-0.39, 0.29) is 12.2 Å². The molecule has 0 bridgehead atoms. The zero-order chi connectivity index (χ0) is 20.5. The fourth-order valence-corrected chi connectivity index (χ4v) is 2.44. The van der Waals surface area contributed by atoms with Crippen LogP contribution in [0.5, 0.6) is 5.75 Å². The average molecular weight is 392 g/mol. The number of carbonyl (C=O) groups is 2. The van der Waals surface area contributed by atoms with Crippen LogP contribution in [0, 0.1) is 17.5 Å². The SMILES string of the molecule is CC1(C)OC(=O)C(=Cc2ccc(COc3ccc(F)c(F)c3F)cc2)C(=O)O1. The molecular formula is C20H15F3O5. The van der Waals surface area contributed by atoms with E-state index in [9.17, 15) is 22.8 Å². The minimum absolute atomic E-state index is 0.100. The lowest BCUT2D eigenvalue weighted by atomic mass is 10.1. The first kappa shape index (κ1) is 19.5.